The fourth-order valence-electron chi connectivity index (χ4n) is 1.73. The molecule has 1 heterocycles. The smallest absolute Gasteiger partial charge is 0.307 e. The lowest BCUT2D eigenvalue weighted by molar-refractivity contribution is -0.136. The molecule has 1 N–H and O–H groups in total. The first kappa shape index (κ1) is 11.4. The van der Waals surface area contributed by atoms with Crippen LogP contribution in [0, 0.1) is 0 Å². The van der Waals surface area contributed by atoms with Crippen LogP contribution in [0.4, 0.5) is 0 Å². The van der Waals surface area contributed by atoms with Crippen LogP contribution in [-0.4, -0.2) is 27.3 Å². The van der Waals surface area contributed by atoms with E-state index >= 15 is 0 Å². The maximum absolute atomic E-state index is 10.7. The topological polar surface area (TPSA) is 63.1 Å². The van der Waals surface area contributed by atoms with Gasteiger partial charge in [-0.15, -0.1) is 11.8 Å². The second-order valence-corrected chi connectivity index (χ2v) is 4.76. The van der Waals surface area contributed by atoms with Gasteiger partial charge in [0.05, 0.1) is 6.42 Å². The first-order valence-electron chi connectivity index (χ1n) is 5.32. The quantitative estimate of drug-likeness (QED) is 0.643. The third-order valence-electron chi connectivity index (χ3n) is 2.85. The summed E-state index contributed by atoms with van der Waals surface area (Å²) in [6, 6.07) is 0. The van der Waals surface area contributed by atoms with Crippen molar-refractivity contribution in [3.05, 3.63) is 17.6 Å². The van der Waals surface area contributed by atoms with Crippen LogP contribution in [-0.2, 0) is 11.2 Å². The first-order valence-corrected chi connectivity index (χ1v) is 6.54. The Morgan fingerprint density at radius 1 is 1.62 bits per heavy atom. The molecule has 0 bridgehead atoms. The number of rotatable bonds is 4. The van der Waals surface area contributed by atoms with Crippen LogP contribution in [0.25, 0.3) is 0 Å². The zero-order valence-electron chi connectivity index (χ0n) is 9.14. The average Bonchev–Trinajstić information content (AvgIpc) is 2.16. The van der Waals surface area contributed by atoms with Crippen LogP contribution >= 0.6 is 11.8 Å². The molecule has 0 aromatic carbocycles. The van der Waals surface area contributed by atoms with Gasteiger partial charge in [0.1, 0.15) is 10.9 Å². The van der Waals surface area contributed by atoms with Crippen LogP contribution in [0.2, 0.25) is 0 Å². The van der Waals surface area contributed by atoms with Crippen molar-refractivity contribution in [3.63, 3.8) is 0 Å². The Kier molecular flexibility index (Phi) is 3.43. The van der Waals surface area contributed by atoms with E-state index in [9.17, 15) is 4.79 Å². The Labute approximate surface area is 98.5 Å². The van der Waals surface area contributed by atoms with Gasteiger partial charge in [0.15, 0.2) is 0 Å². The molecule has 0 spiro atoms. The number of hydrogen-bond acceptors (Lipinski definition) is 4. The summed E-state index contributed by atoms with van der Waals surface area (Å²) in [6.07, 6.45) is 7.15. The van der Waals surface area contributed by atoms with E-state index in [0.29, 0.717) is 11.5 Å². The van der Waals surface area contributed by atoms with E-state index in [1.165, 1.54) is 18.2 Å². The molecule has 1 aliphatic rings. The van der Waals surface area contributed by atoms with Gasteiger partial charge in [-0.2, -0.15) is 0 Å². The number of aliphatic carboxylic acids is 1. The van der Waals surface area contributed by atoms with Crippen molar-refractivity contribution < 1.29 is 9.90 Å². The summed E-state index contributed by atoms with van der Waals surface area (Å²) >= 11 is 1.49. The summed E-state index contributed by atoms with van der Waals surface area (Å²) in [5, 5.41) is 9.56. The molecule has 1 aromatic heterocycles. The molecule has 0 amide bonds. The summed E-state index contributed by atoms with van der Waals surface area (Å²) in [7, 11) is 0. The number of hydrogen-bond donors (Lipinski definition) is 1. The number of nitrogens with zero attached hydrogens (tertiary/aromatic N) is 2. The predicted molar refractivity (Wildman–Crippen MR) is 61.7 cm³/mol. The highest BCUT2D eigenvalue weighted by atomic mass is 32.2. The molecule has 0 saturated heterocycles. The normalized spacial score (nSPS) is 15.8. The van der Waals surface area contributed by atoms with Crippen molar-refractivity contribution in [1.29, 1.82) is 0 Å². The molecule has 0 aliphatic heterocycles. The van der Waals surface area contributed by atoms with E-state index in [1.54, 1.807) is 6.20 Å². The number of thioether (sulfide) groups is 1. The Morgan fingerprint density at radius 2 is 2.38 bits per heavy atom. The third kappa shape index (κ3) is 2.35. The molecule has 1 fully saturated rings. The molecule has 86 valence electrons. The second kappa shape index (κ2) is 4.82. The molecule has 1 saturated carbocycles. The van der Waals surface area contributed by atoms with Crippen molar-refractivity contribution in [2.45, 2.75) is 36.6 Å². The molecule has 5 heteroatoms. The van der Waals surface area contributed by atoms with E-state index in [-0.39, 0.29) is 6.42 Å². The SMILES string of the molecule is CSc1nc(C2CCC2)ncc1CC(=O)O. The molecule has 0 atom stereocenters. The average molecular weight is 238 g/mol. The van der Waals surface area contributed by atoms with Gasteiger partial charge in [0.2, 0.25) is 0 Å². The van der Waals surface area contributed by atoms with Crippen LogP contribution in [0.3, 0.4) is 0 Å². The van der Waals surface area contributed by atoms with E-state index in [4.69, 9.17) is 5.11 Å². The highest BCUT2D eigenvalue weighted by molar-refractivity contribution is 7.98. The minimum absolute atomic E-state index is 0.00111. The lowest BCUT2D eigenvalue weighted by Crippen LogP contribution is -2.14. The second-order valence-electron chi connectivity index (χ2n) is 3.96. The standard InChI is InChI=1S/C11H14N2O2S/c1-16-11-8(5-9(14)15)6-12-10(13-11)7-3-2-4-7/h6-7H,2-5H2,1H3,(H,14,15). The van der Waals surface area contributed by atoms with Gasteiger partial charge in [0, 0.05) is 17.7 Å². The van der Waals surface area contributed by atoms with Gasteiger partial charge in [-0.25, -0.2) is 9.97 Å². The van der Waals surface area contributed by atoms with E-state index in [2.05, 4.69) is 9.97 Å². The number of carboxylic acids is 1. The molecule has 16 heavy (non-hydrogen) atoms. The number of aromatic nitrogens is 2. The highest BCUT2D eigenvalue weighted by Gasteiger charge is 2.23. The lowest BCUT2D eigenvalue weighted by Gasteiger charge is -2.24. The molecule has 4 nitrogen and oxygen atoms in total. The third-order valence-corrected chi connectivity index (χ3v) is 3.59. The monoisotopic (exact) mass is 238 g/mol. The van der Waals surface area contributed by atoms with Gasteiger partial charge in [-0.3, -0.25) is 4.79 Å². The van der Waals surface area contributed by atoms with Gasteiger partial charge in [-0.1, -0.05) is 6.42 Å². The number of carbonyl (C=O) groups is 1. The van der Waals surface area contributed by atoms with Crippen molar-refractivity contribution in [1.82, 2.24) is 9.97 Å². The summed E-state index contributed by atoms with van der Waals surface area (Å²) in [6.45, 7) is 0. The molecule has 0 unspecified atom stereocenters. The minimum Gasteiger partial charge on any atom is -0.481 e. The van der Waals surface area contributed by atoms with Crippen molar-refractivity contribution in [3.8, 4) is 0 Å². The van der Waals surface area contributed by atoms with E-state index < -0.39 is 5.97 Å². The Hall–Kier alpha value is -1.10. The first-order chi connectivity index (χ1) is 7.70. The van der Waals surface area contributed by atoms with E-state index in [1.807, 2.05) is 6.26 Å². The van der Waals surface area contributed by atoms with Crippen molar-refractivity contribution in [2.24, 2.45) is 0 Å². The summed E-state index contributed by atoms with van der Waals surface area (Å²) in [5.74, 6) is 0.532. The summed E-state index contributed by atoms with van der Waals surface area (Å²) in [4.78, 5) is 19.4. The number of carboxylic acid groups (broad SMARTS) is 1. The van der Waals surface area contributed by atoms with Crippen LogP contribution in [0.15, 0.2) is 11.2 Å². The van der Waals surface area contributed by atoms with Crippen LogP contribution < -0.4 is 0 Å². The molecule has 1 aliphatic carbocycles. The Balaban J connectivity index is 2.23. The fourth-order valence-corrected chi connectivity index (χ4v) is 2.30. The maximum Gasteiger partial charge on any atom is 0.307 e. The fraction of sp³-hybridized carbons (Fsp3) is 0.545. The molecular weight excluding hydrogens is 224 g/mol. The minimum atomic E-state index is -0.838. The van der Waals surface area contributed by atoms with Crippen LogP contribution in [0.1, 0.15) is 36.6 Å². The zero-order chi connectivity index (χ0) is 11.5. The molecule has 2 rings (SSSR count). The predicted octanol–water partition coefficient (Wildman–Crippen LogP) is 2.09. The van der Waals surface area contributed by atoms with Crippen LogP contribution in [0.5, 0.6) is 0 Å². The lowest BCUT2D eigenvalue weighted by atomic mass is 9.85. The Morgan fingerprint density at radius 3 is 2.88 bits per heavy atom. The van der Waals surface area contributed by atoms with Gasteiger partial charge in [-0.05, 0) is 19.1 Å². The zero-order valence-corrected chi connectivity index (χ0v) is 9.96. The summed E-state index contributed by atoms with van der Waals surface area (Å²) < 4.78 is 0. The van der Waals surface area contributed by atoms with Crippen molar-refractivity contribution in [2.75, 3.05) is 6.26 Å². The Bertz CT molecular complexity index is 405. The van der Waals surface area contributed by atoms with Gasteiger partial charge < -0.3 is 5.11 Å². The highest BCUT2D eigenvalue weighted by Crippen LogP contribution is 2.35. The molecule has 1 aromatic rings. The molecular formula is C11H14N2O2S. The van der Waals surface area contributed by atoms with Gasteiger partial charge >= 0.3 is 5.97 Å². The van der Waals surface area contributed by atoms with Gasteiger partial charge in [0.25, 0.3) is 0 Å². The largest absolute Gasteiger partial charge is 0.481 e. The van der Waals surface area contributed by atoms with Crippen molar-refractivity contribution >= 4 is 17.7 Å². The summed E-state index contributed by atoms with van der Waals surface area (Å²) in [5.41, 5.74) is 0.711. The molecule has 0 radical (unpaired) electrons. The van der Waals surface area contributed by atoms with E-state index in [0.717, 1.165) is 23.7 Å². The maximum atomic E-state index is 10.7.